The molecule has 0 saturated heterocycles. The van der Waals surface area contributed by atoms with Crippen LogP contribution >= 0.6 is 34.4 Å². The molecule has 2 aromatic heterocycles. The molecule has 0 saturated carbocycles. The van der Waals surface area contributed by atoms with E-state index in [0.717, 1.165) is 53.9 Å². The summed E-state index contributed by atoms with van der Waals surface area (Å²) >= 11 is 3.82. The number of aryl methyl sites for hydroxylation is 1. The maximum Gasteiger partial charge on any atom is 0.348 e. The number of anilines is 1. The van der Waals surface area contributed by atoms with Gasteiger partial charge in [-0.3, -0.25) is 4.79 Å². The lowest BCUT2D eigenvalue weighted by Gasteiger charge is -2.12. The van der Waals surface area contributed by atoms with Crippen molar-refractivity contribution in [2.45, 2.75) is 62.3 Å². The smallest absolute Gasteiger partial charge is 0.348 e. The minimum absolute atomic E-state index is 0.243. The van der Waals surface area contributed by atoms with Crippen LogP contribution in [0.1, 0.15) is 74.7 Å². The zero-order valence-corrected chi connectivity index (χ0v) is 21.5. The van der Waals surface area contributed by atoms with E-state index in [1.54, 1.807) is 20.8 Å². The molecule has 0 aromatic carbocycles. The van der Waals surface area contributed by atoms with Crippen LogP contribution in [-0.2, 0) is 27.1 Å². The zero-order chi connectivity index (χ0) is 24.1. The highest BCUT2D eigenvalue weighted by molar-refractivity contribution is 8.02. The average Bonchev–Trinajstić information content (AvgIpc) is 3.19. The van der Waals surface area contributed by atoms with Gasteiger partial charge in [0.15, 0.2) is 0 Å². The molecule has 0 fully saturated rings. The van der Waals surface area contributed by atoms with Crippen LogP contribution in [0.3, 0.4) is 0 Å². The van der Waals surface area contributed by atoms with Crippen LogP contribution in [0.5, 0.6) is 0 Å². The Bertz CT molecular complexity index is 1110. The fourth-order valence-corrected chi connectivity index (χ4v) is 7.51. The van der Waals surface area contributed by atoms with Gasteiger partial charge in [-0.15, -0.1) is 34.4 Å². The number of hydrogen-bond donors (Lipinski definition) is 1. The number of nitrogens with zero attached hydrogens (tertiary/aromatic N) is 1. The first kappa shape index (κ1) is 25.3. The summed E-state index contributed by atoms with van der Waals surface area (Å²) in [5.74, 6) is -1.19. The number of carbonyl (C=O) groups is 3. The summed E-state index contributed by atoms with van der Waals surface area (Å²) in [5, 5.41) is 12.5. The van der Waals surface area contributed by atoms with E-state index >= 15 is 0 Å². The fraction of sp³-hybridized carbons (Fsp3) is 0.478. The zero-order valence-electron chi connectivity index (χ0n) is 19.0. The second kappa shape index (κ2) is 11.2. The molecule has 7 nitrogen and oxygen atoms in total. The summed E-state index contributed by atoms with van der Waals surface area (Å²) in [5.41, 5.74) is 2.38. The lowest BCUT2D eigenvalue weighted by atomic mass is 10.1. The Morgan fingerprint density at radius 2 is 1.91 bits per heavy atom. The van der Waals surface area contributed by atoms with E-state index in [2.05, 4.69) is 11.4 Å². The maximum atomic E-state index is 13.0. The van der Waals surface area contributed by atoms with Crippen LogP contribution in [0.2, 0.25) is 0 Å². The van der Waals surface area contributed by atoms with Crippen molar-refractivity contribution in [3.8, 4) is 6.07 Å². The molecular weight excluding hydrogens is 480 g/mol. The Morgan fingerprint density at radius 1 is 1.18 bits per heavy atom. The predicted molar refractivity (Wildman–Crippen MR) is 131 cm³/mol. The highest BCUT2D eigenvalue weighted by atomic mass is 32.2. The fourth-order valence-electron chi connectivity index (χ4n) is 3.67. The predicted octanol–water partition coefficient (Wildman–Crippen LogP) is 5.34. The van der Waals surface area contributed by atoms with Gasteiger partial charge in [-0.2, -0.15) is 5.26 Å². The summed E-state index contributed by atoms with van der Waals surface area (Å²) in [7, 11) is 1.34. The van der Waals surface area contributed by atoms with Crippen molar-refractivity contribution >= 4 is 57.3 Å². The Hall–Kier alpha value is -2.35. The summed E-state index contributed by atoms with van der Waals surface area (Å²) in [4.78, 5) is 39.3. The van der Waals surface area contributed by atoms with Crippen LogP contribution in [-0.4, -0.2) is 36.8 Å². The number of rotatable bonds is 7. The third kappa shape index (κ3) is 5.42. The van der Waals surface area contributed by atoms with Crippen LogP contribution in [0.15, 0.2) is 4.21 Å². The summed E-state index contributed by atoms with van der Waals surface area (Å²) in [6.07, 6.45) is 4.87. The molecule has 176 valence electrons. The van der Waals surface area contributed by atoms with Gasteiger partial charge in [0, 0.05) is 4.88 Å². The van der Waals surface area contributed by atoms with Crippen molar-refractivity contribution in [3.63, 3.8) is 0 Å². The molecule has 1 aliphatic carbocycles. The maximum absolute atomic E-state index is 13.0. The third-order valence-corrected chi connectivity index (χ3v) is 9.19. The Labute approximate surface area is 205 Å². The van der Waals surface area contributed by atoms with Crippen LogP contribution in [0.25, 0.3) is 0 Å². The number of fused-ring (bicyclic) bond motifs is 1. The topological polar surface area (TPSA) is 105 Å². The number of nitrogens with one attached hydrogen (secondary N) is 1. The van der Waals surface area contributed by atoms with Crippen molar-refractivity contribution in [1.29, 1.82) is 5.26 Å². The normalized spacial score (nSPS) is 13.9. The second-order valence-corrected chi connectivity index (χ2v) is 11.3. The lowest BCUT2D eigenvalue weighted by molar-refractivity contribution is -0.115. The molecule has 10 heteroatoms. The molecule has 1 unspecified atom stereocenters. The van der Waals surface area contributed by atoms with E-state index in [-0.39, 0.29) is 12.5 Å². The van der Waals surface area contributed by atoms with Gasteiger partial charge in [-0.25, -0.2) is 9.59 Å². The molecular formula is C23H26N2O5S3. The number of thioether (sulfide) groups is 1. The van der Waals surface area contributed by atoms with Gasteiger partial charge < -0.3 is 14.8 Å². The second-order valence-electron chi connectivity index (χ2n) is 7.56. The average molecular weight is 507 g/mol. The number of esters is 2. The molecule has 0 spiro atoms. The van der Waals surface area contributed by atoms with Crippen LogP contribution < -0.4 is 5.32 Å². The standard InChI is InChI=1S/C23H26N2O5S3/c1-5-30-22(28)18-12(2)15(11-24)23(33-18)31-13(3)19(26)25-20-17(21(27)29-4)14-9-7-6-8-10-16(14)32-20/h13H,5-10H2,1-4H3,(H,25,26). The Balaban J connectivity index is 1.82. The van der Waals surface area contributed by atoms with E-state index in [4.69, 9.17) is 9.47 Å². The largest absolute Gasteiger partial charge is 0.465 e. The molecule has 0 radical (unpaired) electrons. The highest BCUT2D eigenvalue weighted by Crippen LogP contribution is 2.40. The van der Waals surface area contributed by atoms with E-state index in [9.17, 15) is 19.6 Å². The van der Waals surface area contributed by atoms with Crippen molar-refractivity contribution in [2.24, 2.45) is 0 Å². The lowest BCUT2D eigenvalue weighted by Crippen LogP contribution is -2.23. The van der Waals surface area contributed by atoms with Crippen molar-refractivity contribution < 1.29 is 23.9 Å². The van der Waals surface area contributed by atoms with Gasteiger partial charge in [-0.05, 0) is 57.6 Å². The van der Waals surface area contributed by atoms with E-state index in [1.165, 1.54) is 30.2 Å². The molecule has 3 rings (SSSR count). The van der Waals surface area contributed by atoms with E-state index < -0.39 is 17.2 Å². The minimum Gasteiger partial charge on any atom is -0.465 e. The first-order chi connectivity index (χ1) is 15.8. The summed E-state index contributed by atoms with van der Waals surface area (Å²) in [6, 6.07) is 2.14. The van der Waals surface area contributed by atoms with E-state index in [0.29, 0.717) is 30.8 Å². The molecule has 0 aliphatic heterocycles. The van der Waals surface area contributed by atoms with Gasteiger partial charge in [0.1, 0.15) is 15.9 Å². The number of nitriles is 1. The molecule has 1 aliphatic rings. The number of ether oxygens (including phenoxy) is 2. The molecule has 0 bridgehead atoms. The number of amides is 1. The first-order valence-corrected chi connectivity index (χ1v) is 13.2. The van der Waals surface area contributed by atoms with Crippen molar-refractivity contribution in [3.05, 3.63) is 32.0 Å². The molecule has 1 atom stereocenters. The number of thiophene rings is 2. The quantitative estimate of drug-likeness (QED) is 0.307. The molecule has 1 amide bonds. The van der Waals surface area contributed by atoms with Crippen LogP contribution in [0, 0.1) is 18.3 Å². The first-order valence-electron chi connectivity index (χ1n) is 10.7. The van der Waals surface area contributed by atoms with Gasteiger partial charge in [0.2, 0.25) is 5.91 Å². The van der Waals surface area contributed by atoms with E-state index in [1.807, 2.05) is 0 Å². The monoisotopic (exact) mass is 506 g/mol. The molecule has 2 heterocycles. The number of hydrogen-bond acceptors (Lipinski definition) is 9. The summed E-state index contributed by atoms with van der Waals surface area (Å²) in [6.45, 7) is 5.40. The van der Waals surface area contributed by atoms with Crippen LogP contribution in [0.4, 0.5) is 5.00 Å². The van der Waals surface area contributed by atoms with Crippen molar-refractivity contribution in [1.82, 2.24) is 0 Å². The highest BCUT2D eigenvalue weighted by Gasteiger charge is 2.29. The molecule has 1 N–H and O–H groups in total. The van der Waals surface area contributed by atoms with Gasteiger partial charge in [-0.1, -0.05) is 6.42 Å². The number of carbonyl (C=O) groups excluding carboxylic acids is 3. The van der Waals surface area contributed by atoms with Gasteiger partial charge >= 0.3 is 11.9 Å². The Kier molecular flexibility index (Phi) is 8.57. The van der Waals surface area contributed by atoms with Gasteiger partial charge in [0.25, 0.3) is 0 Å². The third-order valence-electron chi connectivity index (χ3n) is 5.39. The van der Waals surface area contributed by atoms with Gasteiger partial charge in [0.05, 0.1) is 34.3 Å². The van der Waals surface area contributed by atoms with Crippen molar-refractivity contribution in [2.75, 3.05) is 19.0 Å². The number of methoxy groups -OCH3 is 1. The summed E-state index contributed by atoms with van der Waals surface area (Å²) < 4.78 is 10.7. The minimum atomic E-state index is -0.558. The molecule has 2 aromatic rings. The molecule has 33 heavy (non-hydrogen) atoms. The Morgan fingerprint density at radius 3 is 2.58 bits per heavy atom. The SMILES string of the molecule is CCOC(=O)c1sc(SC(C)C(=O)Nc2sc3c(c2C(=O)OC)CCCCC3)c(C#N)c1C.